The maximum absolute atomic E-state index is 7.20. The number of aromatic nitrogens is 1. The molecule has 0 saturated carbocycles. The lowest BCUT2D eigenvalue weighted by atomic mass is 10.3. The Balaban J connectivity index is 2.35. The van der Waals surface area contributed by atoms with E-state index in [1.165, 1.54) is 6.20 Å². The first-order valence-electron chi connectivity index (χ1n) is 5.14. The molecule has 88 valence electrons. The van der Waals surface area contributed by atoms with Crippen molar-refractivity contribution in [3.63, 3.8) is 0 Å². The molecular formula is C11H17N3O2. The average Bonchev–Trinajstić information content (AvgIpc) is 2.25. The molecule has 5 heteroatoms. The van der Waals surface area contributed by atoms with Gasteiger partial charge in [0, 0.05) is 17.8 Å². The van der Waals surface area contributed by atoms with Crippen LogP contribution in [-0.4, -0.2) is 30.1 Å². The van der Waals surface area contributed by atoms with Gasteiger partial charge in [-0.1, -0.05) is 0 Å². The van der Waals surface area contributed by atoms with Crippen LogP contribution in [0.4, 0.5) is 0 Å². The molecule has 1 heterocycles. The molecule has 0 radical (unpaired) electrons. The summed E-state index contributed by atoms with van der Waals surface area (Å²) in [5.74, 6) is 0.513. The van der Waals surface area contributed by atoms with E-state index in [0.29, 0.717) is 24.7 Å². The average molecular weight is 223 g/mol. The highest BCUT2D eigenvalue weighted by molar-refractivity contribution is 5.94. The first-order chi connectivity index (χ1) is 7.59. The molecule has 0 aliphatic heterocycles. The maximum atomic E-state index is 7.20. The molecule has 3 N–H and O–H groups in total. The van der Waals surface area contributed by atoms with Crippen molar-refractivity contribution in [3.05, 3.63) is 23.9 Å². The van der Waals surface area contributed by atoms with Crippen molar-refractivity contribution >= 4 is 5.84 Å². The second kappa shape index (κ2) is 6.07. The Hall–Kier alpha value is -1.62. The number of amidine groups is 1. The molecule has 0 fully saturated rings. The van der Waals surface area contributed by atoms with E-state index >= 15 is 0 Å². The highest BCUT2D eigenvalue weighted by atomic mass is 16.5. The first-order valence-corrected chi connectivity index (χ1v) is 5.14. The van der Waals surface area contributed by atoms with E-state index < -0.39 is 0 Å². The van der Waals surface area contributed by atoms with Gasteiger partial charge in [-0.3, -0.25) is 5.41 Å². The van der Waals surface area contributed by atoms with Crippen LogP contribution in [0.3, 0.4) is 0 Å². The van der Waals surface area contributed by atoms with Crippen LogP contribution < -0.4 is 10.5 Å². The second-order valence-corrected chi connectivity index (χ2v) is 3.57. The molecule has 1 aromatic rings. The Morgan fingerprint density at radius 3 is 2.69 bits per heavy atom. The zero-order valence-corrected chi connectivity index (χ0v) is 9.56. The predicted molar refractivity (Wildman–Crippen MR) is 61.8 cm³/mol. The first kappa shape index (κ1) is 12.4. The van der Waals surface area contributed by atoms with E-state index in [9.17, 15) is 0 Å². The smallest absolute Gasteiger partial charge is 0.213 e. The Bertz CT molecular complexity index is 336. The standard InChI is InChI=1S/C11H17N3O2/c1-8(2)15-5-6-16-10-4-3-9(7-14-10)11(12)13/h3-4,7-8H,5-6H2,1-2H3,(H3,12,13). The third-order valence-electron chi connectivity index (χ3n) is 1.83. The topological polar surface area (TPSA) is 81.2 Å². The Morgan fingerprint density at radius 1 is 1.44 bits per heavy atom. The zero-order chi connectivity index (χ0) is 12.0. The number of nitrogens with one attached hydrogen (secondary N) is 1. The molecule has 0 amide bonds. The SMILES string of the molecule is CC(C)OCCOc1ccc(C(=N)N)cn1. The molecule has 1 rings (SSSR count). The largest absolute Gasteiger partial charge is 0.475 e. The van der Waals surface area contributed by atoms with Gasteiger partial charge in [-0.2, -0.15) is 0 Å². The summed E-state index contributed by atoms with van der Waals surface area (Å²) in [5, 5.41) is 7.20. The van der Waals surface area contributed by atoms with Crippen LogP contribution >= 0.6 is 0 Å². The van der Waals surface area contributed by atoms with Gasteiger partial charge < -0.3 is 15.2 Å². The summed E-state index contributed by atoms with van der Waals surface area (Å²) in [5.41, 5.74) is 5.89. The highest BCUT2D eigenvalue weighted by Crippen LogP contribution is 2.06. The fraction of sp³-hybridized carbons (Fsp3) is 0.455. The summed E-state index contributed by atoms with van der Waals surface area (Å²) in [6, 6.07) is 3.39. The predicted octanol–water partition coefficient (Wildman–Crippen LogP) is 1.17. The zero-order valence-electron chi connectivity index (χ0n) is 9.56. The number of nitrogens with two attached hydrogens (primary N) is 1. The fourth-order valence-electron chi connectivity index (χ4n) is 1.06. The molecule has 0 spiro atoms. The molecule has 0 aromatic carbocycles. The van der Waals surface area contributed by atoms with Gasteiger partial charge in [0.25, 0.3) is 0 Å². The molecule has 5 nitrogen and oxygen atoms in total. The van der Waals surface area contributed by atoms with E-state index in [4.69, 9.17) is 20.6 Å². The molecule has 1 aromatic heterocycles. The van der Waals surface area contributed by atoms with Crippen LogP contribution in [0.2, 0.25) is 0 Å². The molecule has 0 atom stereocenters. The van der Waals surface area contributed by atoms with Crippen LogP contribution in [0.15, 0.2) is 18.3 Å². The molecule has 0 unspecified atom stereocenters. The lowest BCUT2D eigenvalue weighted by Crippen LogP contribution is -2.13. The molecule has 16 heavy (non-hydrogen) atoms. The summed E-state index contributed by atoms with van der Waals surface area (Å²) in [4.78, 5) is 4.02. The van der Waals surface area contributed by atoms with Crippen molar-refractivity contribution in [2.75, 3.05) is 13.2 Å². The summed E-state index contributed by atoms with van der Waals surface area (Å²) >= 11 is 0. The van der Waals surface area contributed by atoms with E-state index in [1.54, 1.807) is 12.1 Å². The monoisotopic (exact) mass is 223 g/mol. The molecule has 0 bridgehead atoms. The van der Waals surface area contributed by atoms with E-state index in [2.05, 4.69) is 4.98 Å². The number of pyridine rings is 1. The number of ether oxygens (including phenoxy) is 2. The molecule has 0 aliphatic carbocycles. The quantitative estimate of drug-likeness (QED) is 0.431. The molecular weight excluding hydrogens is 206 g/mol. The van der Waals surface area contributed by atoms with Crippen LogP contribution in [0.1, 0.15) is 19.4 Å². The van der Waals surface area contributed by atoms with Gasteiger partial charge in [-0.15, -0.1) is 0 Å². The summed E-state index contributed by atoms with van der Waals surface area (Å²) in [7, 11) is 0. The van der Waals surface area contributed by atoms with E-state index in [-0.39, 0.29) is 11.9 Å². The van der Waals surface area contributed by atoms with Crippen molar-refractivity contribution in [1.82, 2.24) is 4.98 Å². The fourth-order valence-corrected chi connectivity index (χ4v) is 1.06. The van der Waals surface area contributed by atoms with Gasteiger partial charge >= 0.3 is 0 Å². The van der Waals surface area contributed by atoms with Crippen LogP contribution in [0.25, 0.3) is 0 Å². The Labute approximate surface area is 95.1 Å². The third-order valence-corrected chi connectivity index (χ3v) is 1.83. The van der Waals surface area contributed by atoms with Crippen molar-refractivity contribution in [1.29, 1.82) is 5.41 Å². The minimum absolute atomic E-state index is 0.00203. The van der Waals surface area contributed by atoms with Crippen molar-refractivity contribution < 1.29 is 9.47 Å². The third kappa shape index (κ3) is 4.27. The van der Waals surface area contributed by atoms with Crippen LogP contribution in [0, 0.1) is 5.41 Å². The number of hydrogen-bond donors (Lipinski definition) is 2. The maximum Gasteiger partial charge on any atom is 0.213 e. The normalized spacial score (nSPS) is 10.4. The lowest BCUT2D eigenvalue weighted by molar-refractivity contribution is 0.0542. The Morgan fingerprint density at radius 2 is 2.19 bits per heavy atom. The lowest BCUT2D eigenvalue weighted by Gasteiger charge is -2.08. The number of nitrogen functional groups attached to an aromatic ring is 1. The van der Waals surface area contributed by atoms with Crippen molar-refractivity contribution in [2.24, 2.45) is 5.73 Å². The van der Waals surface area contributed by atoms with Gasteiger partial charge in [-0.05, 0) is 19.9 Å². The highest BCUT2D eigenvalue weighted by Gasteiger charge is 1.99. The minimum Gasteiger partial charge on any atom is -0.475 e. The van der Waals surface area contributed by atoms with Gasteiger partial charge in [0.05, 0.1) is 12.7 Å². The molecule has 0 aliphatic rings. The Kier molecular flexibility index (Phi) is 4.72. The number of nitrogens with zero attached hydrogens (tertiary/aromatic N) is 1. The molecule has 0 saturated heterocycles. The second-order valence-electron chi connectivity index (χ2n) is 3.57. The van der Waals surface area contributed by atoms with Gasteiger partial charge in [0.2, 0.25) is 5.88 Å². The minimum atomic E-state index is 0.00203. The number of rotatable bonds is 6. The van der Waals surface area contributed by atoms with Gasteiger partial charge in [0.1, 0.15) is 12.4 Å². The van der Waals surface area contributed by atoms with Gasteiger partial charge in [-0.25, -0.2) is 4.98 Å². The van der Waals surface area contributed by atoms with Gasteiger partial charge in [0.15, 0.2) is 0 Å². The van der Waals surface area contributed by atoms with Crippen LogP contribution in [-0.2, 0) is 4.74 Å². The van der Waals surface area contributed by atoms with Crippen molar-refractivity contribution in [2.45, 2.75) is 20.0 Å². The summed E-state index contributed by atoms with van der Waals surface area (Å²) < 4.78 is 10.7. The van der Waals surface area contributed by atoms with E-state index in [0.717, 1.165) is 0 Å². The summed E-state index contributed by atoms with van der Waals surface area (Å²) in [6.07, 6.45) is 1.72. The number of hydrogen-bond acceptors (Lipinski definition) is 4. The van der Waals surface area contributed by atoms with E-state index in [1.807, 2.05) is 13.8 Å². The van der Waals surface area contributed by atoms with Crippen LogP contribution in [0.5, 0.6) is 5.88 Å². The summed E-state index contributed by atoms with van der Waals surface area (Å²) in [6.45, 7) is 4.94. The van der Waals surface area contributed by atoms with Crippen molar-refractivity contribution in [3.8, 4) is 5.88 Å².